The molecule has 37 heavy (non-hydrogen) atoms. The summed E-state index contributed by atoms with van der Waals surface area (Å²) in [4.78, 5) is 20.7. The van der Waals surface area contributed by atoms with E-state index in [0.29, 0.717) is 50.5 Å². The maximum absolute atomic E-state index is 13.9. The summed E-state index contributed by atoms with van der Waals surface area (Å²) < 4.78 is 12.8. The van der Waals surface area contributed by atoms with Crippen molar-refractivity contribution in [3.63, 3.8) is 0 Å². The fourth-order valence-corrected chi connectivity index (χ4v) is 5.85. The molecule has 0 unspecified atom stereocenters. The summed E-state index contributed by atoms with van der Waals surface area (Å²) in [6.07, 6.45) is -1.52. The number of fused-ring (bicyclic) bond motifs is 3. The monoisotopic (exact) mass is 527 g/mol. The number of hydrogen-bond acceptors (Lipinski definition) is 8. The van der Waals surface area contributed by atoms with Gasteiger partial charge in [-0.2, -0.15) is 11.3 Å². The van der Waals surface area contributed by atoms with E-state index in [2.05, 4.69) is 4.57 Å². The lowest BCUT2D eigenvalue weighted by Gasteiger charge is -2.41. The van der Waals surface area contributed by atoms with E-state index in [0.717, 1.165) is 28.1 Å². The quantitative estimate of drug-likeness (QED) is 0.422. The molecule has 0 radical (unpaired) electrons. The Morgan fingerprint density at radius 3 is 2.70 bits per heavy atom. The van der Waals surface area contributed by atoms with Crippen molar-refractivity contribution < 1.29 is 29.6 Å². The molecule has 0 saturated carbocycles. The zero-order chi connectivity index (χ0) is 26.5. The van der Waals surface area contributed by atoms with Crippen LogP contribution in [0.4, 0.5) is 0 Å². The number of rotatable bonds is 6. The van der Waals surface area contributed by atoms with Crippen molar-refractivity contribution in [2.75, 3.05) is 19.8 Å². The van der Waals surface area contributed by atoms with Crippen molar-refractivity contribution in [1.82, 2.24) is 14.5 Å². The molecule has 10 heteroatoms. The van der Waals surface area contributed by atoms with E-state index in [9.17, 15) is 20.1 Å². The molecule has 1 amide bonds. The number of carbonyl (C=O) groups excluding carboxylic acids is 1. The van der Waals surface area contributed by atoms with E-state index in [1.54, 1.807) is 17.4 Å². The van der Waals surface area contributed by atoms with Gasteiger partial charge >= 0.3 is 6.16 Å². The molecule has 198 valence electrons. The van der Waals surface area contributed by atoms with Crippen LogP contribution in [0.15, 0.2) is 29.0 Å². The first-order chi connectivity index (χ1) is 17.4. The van der Waals surface area contributed by atoms with Crippen molar-refractivity contribution in [1.29, 1.82) is 0 Å². The van der Waals surface area contributed by atoms with E-state index in [-0.39, 0.29) is 17.6 Å². The molecular formula is C27H33N3O6S. The number of hydrogen-bond donors (Lipinski definition) is 3. The Bertz CT molecular complexity index is 1310. The Kier molecular flexibility index (Phi) is 6.66. The van der Waals surface area contributed by atoms with Gasteiger partial charge < -0.3 is 29.7 Å². The van der Waals surface area contributed by atoms with Gasteiger partial charge in [-0.3, -0.25) is 9.36 Å². The second kappa shape index (κ2) is 9.52. The van der Waals surface area contributed by atoms with Crippen molar-refractivity contribution in [3.05, 3.63) is 51.5 Å². The maximum Gasteiger partial charge on any atom is 0.453 e. The van der Waals surface area contributed by atoms with Crippen molar-refractivity contribution >= 4 is 17.2 Å². The maximum atomic E-state index is 13.9. The highest BCUT2D eigenvalue weighted by Gasteiger charge is 2.38. The SMILES string of the molecule is CC(C)Cc1cc2c(cc1OC(O)(O)O)CCc1c(C(=O)N3CCOCC3(C)C)nc(-c3ccsc3)n1-2. The molecule has 1 fully saturated rings. The summed E-state index contributed by atoms with van der Waals surface area (Å²) >= 11 is 1.56. The number of imidazole rings is 1. The molecule has 5 rings (SSSR count). The van der Waals surface area contributed by atoms with Crippen LogP contribution in [-0.4, -0.2) is 67.1 Å². The molecular weight excluding hydrogens is 494 g/mol. The molecule has 9 nitrogen and oxygen atoms in total. The van der Waals surface area contributed by atoms with Gasteiger partial charge in [0, 0.05) is 17.5 Å². The average Bonchev–Trinajstić information content (AvgIpc) is 3.45. The minimum absolute atomic E-state index is 0.102. The second-order valence-electron chi connectivity index (χ2n) is 10.8. The van der Waals surface area contributed by atoms with Crippen LogP contribution in [0.25, 0.3) is 17.1 Å². The largest absolute Gasteiger partial charge is 0.453 e. The summed E-state index contributed by atoms with van der Waals surface area (Å²) in [5, 5.41) is 32.5. The molecule has 3 aromatic rings. The van der Waals surface area contributed by atoms with Crippen molar-refractivity contribution in [2.45, 2.75) is 58.7 Å². The lowest BCUT2D eigenvalue weighted by molar-refractivity contribution is -0.419. The molecule has 2 aromatic heterocycles. The minimum atomic E-state index is -3.28. The van der Waals surface area contributed by atoms with Crippen LogP contribution < -0.4 is 4.74 Å². The summed E-state index contributed by atoms with van der Waals surface area (Å²) in [5.74, 6) is 1.05. The van der Waals surface area contributed by atoms with Gasteiger partial charge in [-0.25, -0.2) is 4.98 Å². The molecule has 2 aliphatic heterocycles. The molecule has 1 saturated heterocycles. The average molecular weight is 528 g/mol. The summed E-state index contributed by atoms with van der Waals surface area (Å²) in [6.45, 7) is 9.58. The molecule has 0 spiro atoms. The Morgan fingerprint density at radius 1 is 1.27 bits per heavy atom. The number of carbonyl (C=O) groups is 1. The van der Waals surface area contributed by atoms with Gasteiger partial charge in [-0.15, -0.1) is 0 Å². The Hall–Kier alpha value is -2.76. The van der Waals surface area contributed by atoms with Gasteiger partial charge in [-0.1, -0.05) is 13.8 Å². The lowest BCUT2D eigenvalue weighted by Crippen LogP contribution is -2.55. The van der Waals surface area contributed by atoms with E-state index >= 15 is 0 Å². The van der Waals surface area contributed by atoms with E-state index in [4.69, 9.17) is 14.5 Å². The fourth-order valence-electron chi connectivity index (χ4n) is 5.22. The number of benzene rings is 1. The number of thiophene rings is 1. The molecule has 4 heterocycles. The molecule has 3 N–H and O–H groups in total. The Labute approximate surface area is 219 Å². The summed E-state index contributed by atoms with van der Waals surface area (Å²) in [5.41, 5.74) is 4.28. The second-order valence-corrected chi connectivity index (χ2v) is 11.5. The van der Waals surface area contributed by atoms with Crippen molar-refractivity contribution in [3.8, 4) is 22.8 Å². The molecule has 0 aliphatic carbocycles. The number of aryl methyl sites for hydroxylation is 1. The first-order valence-electron chi connectivity index (χ1n) is 12.5. The van der Waals surface area contributed by atoms with E-state index < -0.39 is 11.7 Å². The number of aliphatic hydroxyl groups is 3. The molecule has 2 aliphatic rings. The molecule has 1 aromatic carbocycles. The highest BCUT2D eigenvalue weighted by molar-refractivity contribution is 7.08. The van der Waals surface area contributed by atoms with E-state index in [1.807, 2.05) is 55.5 Å². The third-order valence-corrected chi connectivity index (χ3v) is 7.54. The van der Waals surface area contributed by atoms with Crippen LogP contribution in [0.1, 0.15) is 55.0 Å². The highest BCUT2D eigenvalue weighted by atomic mass is 32.1. The smallest absolute Gasteiger partial charge is 0.417 e. The number of nitrogens with zero attached hydrogens (tertiary/aromatic N) is 3. The summed E-state index contributed by atoms with van der Waals surface area (Å²) in [6, 6.07) is 5.69. The normalized spacial score (nSPS) is 17.0. The van der Waals surface area contributed by atoms with Crippen LogP contribution in [0, 0.1) is 5.92 Å². The number of aromatic nitrogens is 2. The topological polar surface area (TPSA) is 117 Å². The first-order valence-corrected chi connectivity index (χ1v) is 13.4. The number of ether oxygens (including phenoxy) is 2. The van der Waals surface area contributed by atoms with Crippen molar-refractivity contribution in [2.24, 2.45) is 5.92 Å². The highest BCUT2D eigenvalue weighted by Crippen LogP contribution is 2.39. The standard InChI is InChI=1S/C27H33N3O6S/c1-16(2)11-19-12-21-17(13-22(19)36-27(32,33)34)5-6-20-23(25(31)29-8-9-35-15-26(29,3)4)28-24(30(20)21)18-7-10-37-14-18/h7,10,12-14,16,32-34H,5-6,8-9,11,15H2,1-4H3. The lowest BCUT2D eigenvalue weighted by atomic mass is 9.94. The Morgan fingerprint density at radius 2 is 2.05 bits per heavy atom. The van der Waals surface area contributed by atoms with Gasteiger partial charge in [0.1, 0.15) is 11.6 Å². The third-order valence-electron chi connectivity index (χ3n) is 6.85. The molecule has 0 atom stereocenters. The molecule has 0 bridgehead atoms. The minimum Gasteiger partial charge on any atom is -0.417 e. The van der Waals surface area contributed by atoms with Gasteiger partial charge in [0.2, 0.25) is 0 Å². The van der Waals surface area contributed by atoms with E-state index in [1.165, 1.54) is 0 Å². The first kappa shape index (κ1) is 25.9. The van der Waals surface area contributed by atoms with Crippen LogP contribution in [0.2, 0.25) is 0 Å². The predicted octanol–water partition coefficient (Wildman–Crippen LogP) is 3.12. The zero-order valence-electron chi connectivity index (χ0n) is 21.5. The summed E-state index contributed by atoms with van der Waals surface area (Å²) in [7, 11) is 0. The van der Waals surface area contributed by atoms with Gasteiger partial charge in [0.15, 0.2) is 5.69 Å². The number of morpholine rings is 1. The van der Waals surface area contributed by atoms with Crippen LogP contribution in [0.3, 0.4) is 0 Å². The van der Waals surface area contributed by atoms with Crippen LogP contribution in [-0.2, 0) is 24.0 Å². The predicted molar refractivity (Wildman–Crippen MR) is 139 cm³/mol. The van der Waals surface area contributed by atoms with Crippen LogP contribution in [0.5, 0.6) is 5.75 Å². The third kappa shape index (κ3) is 5.04. The fraction of sp³-hybridized carbons (Fsp3) is 0.481. The van der Waals surface area contributed by atoms with Gasteiger partial charge in [-0.05, 0) is 73.7 Å². The van der Waals surface area contributed by atoms with Crippen LogP contribution >= 0.6 is 11.3 Å². The number of amides is 1. The Balaban J connectivity index is 1.68. The van der Waals surface area contributed by atoms with Gasteiger partial charge in [0.25, 0.3) is 5.91 Å². The zero-order valence-corrected chi connectivity index (χ0v) is 22.3. The van der Waals surface area contributed by atoms with Gasteiger partial charge in [0.05, 0.1) is 30.1 Å².